The molecule has 0 aliphatic heterocycles. The summed E-state index contributed by atoms with van der Waals surface area (Å²) in [5.41, 5.74) is 3.00. The van der Waals surface area contributed by atoms with Crippen molar-refractivity contribution in [3.63, 3.8) is 0 Å². The Balaban J connectivity index is 1.52. The number of carbonyl (C=O) groups excluding carboxylic acids is 1. The van der Waals surface area contributed by atoms with E-state index in [1.165, 1.54) is 17.5 Å². The van der Waals surface area contributed by atoms with Crippen LogP contribution in [0.1, 0.15) is 21.1 Å². The number of benzene rings is 1. The number of aryl methyl sites for hydroxylation is 2. The van der Waals surface area contributed by atoms with Crippen LogP contribution in [0.3, 0.4) is 0 Å². The number of thiazole rings is 1. The van der Waals surface area contributed by atoms with Crippen LogP contribution in [-0.4, -0.2) is 33.0 Å². The van der Waals surface area contributed by atoms with Crippen LogP contribution in [0, 0.1) is 13.8 Å². The molecule has 0 radical (unpaired) electrons. The number of anilines is 3. The lowest BCUT2D eigenvalue weighted by Gasteiger charge is -2.09. The van der Waals surface area contributed by atoms with Gasteiger partial charge in [0.15, 0.2) is 5.13 Å². The van der Waals surface area contributed by atoms with E-state index in [0.717, 1.165) is 11.1 Å². The van der Waals surface area contributed by atoms with E-state index in [-0.39, 0.29) is 5.91 Å². The number of hydrogen-bond acceptors (Lipinski definition) is 8. The molecule has 0 saturated carbocycles. The van der Waals surface area contributed by atoms with Gasteiger partial charge in [0.1, 0.15) is 16.5 Å². The maximum absolute atomic E-state index is 12.7. The molecule has 3 heterocycles. The van der Waals surface area contributed by atoms with Crippen molar-refractivity contribution in [2.45, 2.75) is 13.8 Å². The van der Waals surface area contributed by atoms with Gasteiger partial charge < -0.3 is 15.4 Å². The zero-order valence-corrected chi connectivity index (χ0v) is 19.1. The van der Waals surface area contributed by atoms with Crippen LogP contribution in [0.4, 0.5) is 16.6 Å². The Labute approximate surface area is 193 Å². The number of aromatic nitrogens is 4. The predicted octanol–water partition coefficient (Wildman–Crippen LogP) is 5.27. The summed E-state index contributed by atoms with van der Waals surface area (Å²) in [5, 5.41) is 7.01. The molecule has 2 N–H and O–H groups in total. The summed E-state index contributed by atoms with van der Waals surface area (Å²) in [6.45, 7) is 3.69. The van der Waals surface area contributed by atoms with Gasteiger partial charge in [-0.25, -0.2) is 19.9 Å². The smallest absolute Gasteiger partial charge is 0.267 e. The maximum atomic E-state index is 12.7. The second kappa shape index (κ2) is 9.29. The third-order valence-electron chi connectivity index (χ3n) is 4.50. The number of rotatable bonds is 6. The molecule has 0 spiro atoms. The fraction of sp³-hybridized carbons (Fsp3) is 0.136. The molecule has 3 aromatic heterocycles. The highest BCUT2D eigenvalue weighted by Gasteiger charge is 2.15. The van der Waals surface area contributed by atoms with Crippen LogP contribution in [0.5, 0.6) is 5.88 Å². The molecule has 0 aliphatic carbocycles. The van der Waals surface area contributed by atoms with E-state index in [4.69, 9.17) is 16.3 Å². The SMILES string of the molecule is COc1ccc(-c2cc(Nc3ncc(C(=O)Nc4c(C)cccc4Cl)s3)nc(C)n2)cn1. The number of nitrogens with one attached hydrogen (secondary N) is 2. The maximum Gasteiger partial charge on any atom is 0.267 e. The van der Waals surface area contributed by atoms with Gasteiger partial charge in [0.25, 0.3) is 5.91 Å². The van der Waals surface area contributed by atoms with Gasteiger partial charge in [-0.3, -0.25) is 4.79 Å². The van der Waals surface area contributed by atoms with Gasteiger partial charge in [-0.1, -0.05) is 35.1 Å². The Morgan fingerprint density at radius 2 is 1.94 bits per heavy atom. The summed E-state index contributed by atoms with van der Waals surface area (Å²) in [6, 6.07) is 10.9. The molecular formula is C22H19ClN6O2S. The lowest BCUT2D eigenvalue weighted by Crippen LogP contribution is -2.11. The van der Waals surface area contributed by atoms with Crippen molar-refractivity contribution in [3.8, 4) is 17.1 Å². The Morgan fingerprint density at radius 1 is 1.09 bits per heavy atom. The number of amides is 1. The lowest BCUT2D eigenvalue weighted by molar-refractivity contribution is 0.103. The molecule has 8 nitrogen and oxygen atoms in total. The zero-order valence-electron chi connectivity index (χ0n) is 17.5. The number of carbonyl (C=O) groups is 1. The molecule has 162 valence electrons. The molecule has 0 atom stereocenters. The molecule has 32 heavy (non-hydrogen) atoms. The summed E-state index contributed by atoms with van der Waals surface area (Å²) in [4.78, 5) is 30.5. The first-order valence-corrected chi connectivity index (χ1v) is 10.8. The quantitative estimate of drug-likeness (QED) is 0.399. The minimum absolute atomic E-state index is 0.282. The third-order valence-corrected chi connectivity index (χ3v) is 5.73. The number of para-hydroxylation sites is 1. The third kappa shape index (κ3) is 4.84. The van der Waals surface area contributed by atoms with E-state index < -0.39 is 0 Å². The van der Waals surface area contributed by atoms with E-state index in [2.05, 4.69) is 30.6 Å². The summed E-state index contributed by atoms with van der Waals surface area (Å²) in [7, 11) is 1.57. The minimum atomic E-state index is -0.282. The Morgan fingerprint density at radius 3 is 2.66 bits per heavy atom. The van der Waals surface area contributed by atoms with Gasteiger partial charge >= 0.3 is 0 Å². The molecule has 4 rings (SSSR count). The second-order valence-electron chi connectivity index (χ2n) is 6.82. The van der Waals surface area contributed by atoms with Crippen molar-refractivity contribution in [2.75, 3.05) is 17.7 Å². The standard InChI is InChI=1S/C22H19ClN6O2S/c1-12-5-4-6-15(23)20(12)29-21(30)17-11-25-22(32-17)28-18-9-16(26-13(2)27-18)14-7-8-19(31-3)24-10-14/h4-11H,1-3H3,(H,29,30)(H,25,26,27,28). The fourth-order valence-electron chi connectivity index (χ4n) is 2.94. The van der Waals surface area contributed by atoms with Crippen LogP contribution in [0.25, 0.3) is 11.3 Å². The zero-order chi connectivity index (χ0) is 22.7. The van der Waals surface area contributed by atoms with Crippen LogP contribution in [0.2, 0.25) is 5.02 Å². The number of nitrogens with zero attached hydrogens (tertiary/aromatic N) is 4. The molecule has 0 bridgehead atoms. The second-order valence-corrected chi connectivity index (χ2v) is 8.25. The molecular weight excluding hydrogens is 448 g/mol. The number of methoxy groups -OCH3 is 1. The van der Waals surface area contributed by atoms with Gasteiger partial charge in [-0.05, 0) is 31.5 Å². The first-order valence-electron chi connectivity index (χ1n) is 9.58. The van der Waals surface area contributed by atoms with E-state index in [1.807, 2.05) is 25.1 Å². The van der Waals surface area contributed by atoms with Crippen LogP contribution < -0.4 is 15.4 Å². The topological polar surface area (TPSA) is 102 Å². The van der Waals surface area contributed by atoms with E-state index in [9.17, 15) is 4.79 Å². The largest absolute Gasteiger partial charge is 0.481 e. The van der Waals surface area contributed by atoms with Crippen LogP contribution in [0.15, 0.2) is 48.8 Å². The van der Waals surface area contributed by atoms with Crippen LogP contribution in [-0.2, 0) is 0 Å². The van der Waals surface area contributed by atoms with Gasteiger partial charge in [0, 0.05) is 23.9 Å². The Bertz CT molecular complexity index is 1260. The first kappa shape index (κ1) is 21.7. The monoisotopic (exact) mass is 466 g/mol. The van der Waals surface area contributed by atoms with E-state index >= 15 is 0 Å². The van der Waals surface area contributed by atoms with Gasteiger partial charge in [0.2, 0.25) is 5.88 Å². The average molecular weight is 467 g/mol. The van der Waals surface area contributed by atoms with Crippen molar-refractivity contribution in [3.05, 3.63) is 70.1 Å². The fourth-order valence-corrected chi connectivity index (χ4v) is 3.93. The molecule has 0 unspecified atom stereocenters. The predicted molar refractivity (Wildman–Crippen MR) is 126 cm³/mol. The van der Waals surface area contributed by atoms with Gasteiger partial charge in [-0.2, -0.15) is 0 Å². The number of pyridine rings is 1. The molecule has 1 aromatic carbocycles. The van der Waals surface area contributed by atoms with Crippen molar-refractivity contribution < 1.29 is 9.53 Å². The molecule has 0 aliphatic rings. The summed E-state index contributed by atoms with van der Waals surface area (Å²) in [5.74, 6) is 1.39. The van der Waals surface area contributed by atoms with Gasteiger partial charge in [0.05, 0.1) is 29.7 Å². The summed E-state index contributed by atoms with van der Waals surface area (Å²) < 4.78 is 5.10. The normalized spacial score (nSPS) is 10.6. The number of ether oxygens (including phenoxy) is 1. The minimum Gasteiger partial charge on any atom is -0.481 e. The summed E-state index contributed by atoms with van der Waals surface area (Å²) in [6.07, 6.45) is 3.20. The molecule has 4 aromatic rings. The molecule has 1 amide bonds. The summed E-state index contributed by atoms with van der Waals surface area (Å²) >= 11 is 7.42. The van der Waals surface area contributed by atoms with Gasteiger partial charge in [-0.15, -0.1) is 0 Å². The average Bonchev–Trinajstić information content (AvgIpc) is 3.24. The highest BCUT2D eigenvalue weighted by molar-refractivity contribution is 7.17. The Kier molecular flexibility index (Phi) is 6.29. The first-order chi connectivity index (χ1) is 15.4. The molecule has 0 saturated heterocycles. The van der Waals surface area contributed by atoms with Crippen molar-refractivity contribution >= 4 is 45.5 Å². The van der Waals surface area contributed by atoms with E-state index in [0.29, 0.717) is 43.9 Å². The molecule has 0 fully saturated rings. The van der Waals surface area contributed by atoms with Crippen molar-refractivity contribution in [1.29, 1.82) is 0 Å². The molecule has 10 heteroatoms. The lowest BCUT2D eigenvalue weighted by atomic mass is 10.2. The Hall–Kier alpha value is -3.56. The van der Waals surface area contributed by atoms with Crippen LogP contribution >= 0.6 is 22.9 Å². The highest BCUT2D eigenvalue weighted by atomic mass is 35.5. The van der Waals surface area contributed by atoms with Crippen molar-refractivity contribution in [2.24, 2.45) is 0 Å². The highest BCUT2D eigenvalue weighted by Crippen LogP contribution is 2.28. The van der Waals surface area contributed by atoms with E-state index in [1.54, 1.807) is 38.4 Å². The number of halogens is 1. The number of hydrogen-bond donors (Lipinski definition) is 2. The van der Waals surface area contributed by atoms with Crippen molar-refractivity contribution in [1.82, 2.24) is 19.9 Å².